The van der Waals surface area contributed by atoms with E-state index in [-0.39, 0.29) is 17.2 Å². The SMILES string of the molecule is CC(C)c1ccnc(-c2ccc(F)c(C(=O)C(F)(F)F)c2F)c1. The molecule has 122 valence electrons. The standard InChI is InChI=1S/C16H12F5NO/c1-8(2)9-5-6-22-12(7-9)10-3-4-11(17)13(14(10)18)15(23)16(19,20)21/h3-8H,1-2H3. The number of hydrogen-bond acceptors (Lipinski definition) is 2. The molecule has 23 heavy (non-hydrogen) atoms. The highest BCUT2D eigenvalue weighted by Crippen LogP contribution is 2.31. The molecule has 0 atom stereocenters. The first-order valence-corrected chi connectivity index (χ1v) is 6.68. The van der Waals surface area contributed by atoms with Gasteiger partial charge in [-0.3, -0.25) is 9.78 Å². The van der Waals surface area contributed by atoms with E-state index in [1.165, 1.54) is 12.3 Å². The van der Waals surface area contributed by atoms with Crippen molar-refractivity contribution >= 4 is 5.78 Å². The number of aromatic nitrogens is 1. The summed E-state index contributed by atoms with van der Waals surface area (Å²) < 4.78 is 65.4. The van der Waals surface area contributed by atoms with Crippen LogP contribution in [0.4, 0.5) is 22.0 Å². The van der Waals surface area contributed by atoms with E-state index in [1.54, 1.807) is 6.07 Å². The Balaban J connectivity index is 2.63. The fourth-order valence-electron chi connectivity index (χ4n) is 2.05. The maximum atomic E-state index is 14.3. The van der Waals surface area contributed by atoms with E-state index in [9.17, 15) is 26.7 Å². The van der Waals surface area contributed by atoms with E-state index in [0.717, 1.165) is 11.6 Å². The minimum Gasteiger partial charge on any atom is -0.284 e. The third kappa shape index (κ3) is 3.38. The number of carbonyl (C=O) groups excluding carboxylic acids is 1. The van der Waals surface area contributed by atoms with Crippen LogP contribution in [-0.2, 0) is 0 Å². The first kappa shape index (κ1) is 17.1. The summed E-state index contributed by atoms with van der Waals surface area (Å²) in [4.78, 5) is 15.1. The summed E-state index contributed by atoms with van der Waals surface area (Å²) >= 11 is 0. The minimum atomic E-state index is -5.37. The third-order valence-corrected chi connectivity index (χ3v) is 3.30. The Labute approximate surface area is 129 Å². The number of alkyl halides is 3. The van der Waals surface area contributed by atoms with Gasteiger partial charge in [-0.25, -0.2) is 8.78 Å². The summed E-state index contributed by atoms with van der Waals surface area (Å²) in [6.45, 7) is 3.75. The Morgan fingerprint density at radius 1 is 1.13 bits per heavy atom. The maximum Gasteiger partial charge on any atom is 0.455 e. The van der Waals surface area contributed by atoms with Crippen molar-refractivity contribution in [3.8, 4) is 11.3 Å². The zero-order valence-corrected chi connectivity index (χ0v) is 12.2. The minimum absolute atomic E-state index is 0.0323. The first-order chi connectivity index (χ1) is 10.6. The molecule has 2 rings (SSSR count). The number of Topliss-reactive ketones (excluding diaryl/α,β-unsaturated/α-hetero) is 1. The largest absolute Gasteiger partial charge is 0.455 e. The highest BCUT2D eigenvalue weighted by Gasteiger charge is 2.43. The molecule has 0 amide bonds. The lowest BCUT2D eigenvalue weighted by atomic mass is 9.99. The Hall–Kier alpha value is -2.31. The molecule has 0 bridgehead atoms. The molecular weight excluding hydrogens is 317 g/mol. The fraction of sp³-hybridized carbons (Fsp3) is 0.250. The van der Waals surface area contributed by atoms with E-state index in [0.29, 0.717) is 6.07 Å². The first-order valence-electron chi connectivity index (χ1n) is 6.68. The van der Waals surface area contributed by atoms with Crippen LogP contribution in [0.2, 0.25) is 0 Å². The molecular formula is C16H12F5NO. The molecule has 0 aliphatic heterocycles. The maximum absolute atomic E-state index is 14.3. The predicted molar refractivity (Wildman–Crippen MR) is 74.1 cm³/mol. The second-order valence-electron chi connectivity index (χ2n) is 5.24. The highest BCUT2D eigenvalue weighted by atomic mass is 19.4. The smallest absolute Gasteiger partial charge is 0.284 e. The van der Waals surface area contributed by atoms with Gasteiger partial charge in [0, 0.05) is 11.8 Å². The van der Waals surface area contributed by atoms with Crippen LogP contribution in [0.5, 0.6) is 0 Å². The van der Waals surface area contributed by atoms with Crippen LogP contribution >= 0.6 is 0 Å². The van der Waals surface area contributed by atoms with Gasteiger partial charge in [-0.15, -0.1) is 0 Å². The van der Waals surface area contributed by atoms with Crippen LogP contribution in [-0.4, -0.2) is 16.9 Å². The van der Waals surface area contributed by atoms with Crippen LogP contribution in [0.1, 0.15) is 35.7 Å². The average molecular weight is 329 g/mol. The summed E-state index contributed by atoms with van der Waals surface area (Å²) in [6.07, 6.45) is -3.99. The average Bonchev–Trinajstić information content (AvgIpc) is 2.46. The lowest BCUT2D eigenvalue weighted by Crippen LogP contribution is -2.25. The number of ketones is 1. The van der Waals surface area contributed by atoms with Crippen molar-refractivity contribution in [1.82, 2.24) is 4.98 Å². The Bertz CT molecular complexity index is 753. The van der Waals surface area contributed by atoms with Gasteiger partial charge in [-0.1, -0.05) is 13.8 Å². The molecule has 0 saturated heterocycles. The molecule has 1 aromatic heterocycles. The van der Waals surface area contributed by atoms with E-state index in [2.05, 4.69) is 4.98 Å². The Kier molecular flexibility index (Phi) is 4.49. The quantitative estimate of drug-likeness (QED) is 0.592. The Morgan fingerprint density at radius 2 is 1.78 bits per heavy atom. The lowest BCUT2D eigenvalue weighted by Gasteiger charge is -2.12. The van der Waals surface area contributed by atoms with Gasteiger partial charge in [-0.2, -0.15) is 13.2 Å². The summed E-state index contributed by atoms with van der Waals surface area (Å²) in [6, 6.07) is 4.76. The zero-order chi connectivity index (χ0) is 17.4. The molecule has 2 nitrogen and oxygen atoms in total. The van der Waals surface area contributed by atoms with Crippen molar-refractivity contribution in [2.75, 3.05) is 0 Å². The van der Waals surface area contributed by atoms with Crippen LogP contribution in [0.15, 0.2) is 30.5 Å². The van der Waals surface area contributed by atoms with E-state index in [1.807, 2.05) is 13.8 Å². The van der Waals surface area contributed by atoms with Gasteiger partial charge in [0.1, 0.15) is 11.6 Å². The topological polar surface area (TPSA) is 30.0 Å². The number of pyridine rings is 1. The molecule has 1 aromatic carbocycles. The second kappa shape index (κ2) is 6.06. The van der Waals surface area contributed by atoms with Crippen molar-refractivity contribution in [3.63, 3.8) is 0 Å². The van der Waals surface area contributed by atoms with Crippen molar-refractivity contribution in [2.45, 2.75) is 25.9 Å². The van der Waals surface area contributed by atoms with Gasteiger partial charge in [0.05, 0.1) is 11.3 Å². The molecule has 0 aliphatic carbocycles. The molecule has 0 N–H and O–H groups in total. The van der Waals surface area contributed by atoms with Crippen LogP contribution in [0.25, 0.3) is 11.3 Å². The van der Waals surface area contributed by atoms with Crippen LogP contribution in [0.3, 0.4) is 0 Å². The van der Waals surface area contributed by atoms with Gasteiger partial charge in [0.25, 0.3) is 5.78 Å². The number of rotatable bonds is 3. The molecule has 0 radical (unpaired) electrons. The van der Waals surface area contributed by atoms with Crippen molar-refractivity contribution in [3.05, 3.63) is 53.2 Å². The van der Waals surface area contributed by atoms with Gasteiger partial charge >= 0.3 is 6.18 Å². The summed E-state index contributed by atoms with van der Waals surface area (Å²) in [7, 11) is 0. The molecule has 0 saturated carbocycles. The Morgan fingerprint density at radius 3 is 2.35 bits per heavy atom. The molecule has 0 spiro atoms. The molecule has 0 fully saturated rings. The van der Waals surface area contributed by atoms with Crippen LogP contribution in [0, 0.1) is 11.6 Å². The summed E-state index contributed by atoms with van der Waals surface area (Å²) in [5.74, 6) is -5.61. The van der Waals surface area contributed by atoms with E-state index < -0.39 is 29.2 Å². The zero-order valence-electron chi connectivity index (χ0n) is 12.2. The molecule has 1 heterocycles. The lowest BCUT2D eigenvalue weighted by molar-refractivity contribution is -0.0890. The monoisotopic (exact) mass is 329 g/mol. The number of benzene rings is 1. The summed E-state index contributed by atoms with van der Waals surface area (Å²) in [5.41, 5.74) is -1.17. The third-order valence-electron chi connectivity index (χ3n) is 3.30. The number of hydrogen-bond donors (Lipinski definition) is 0. The predicted octanol–water partition coefficient (Wildman–Crippen LogP) is 4.90. The summed E-state index contributed by atoms with van der Waals surface area (Å²) in [5, 5.41) is 0. The highest BCUT2D eigenvalue weighted by molar-refractivity contribution is 6.01. The number of nitrogens with zero attached hydrogens (tertiary/aromatic N) is 1. The fourth-order valence-corrected chi connectivity index (χ4v) is 2.05. The van der Waals surface area contributed by atoms with Gasteiger partial charge in [0.2, 0.25) is 0 Å². The number of carbonyl (C=O) groups is 1. The van der Waals surface area contributed by atoms with Crippen molar-refractivity contribution in [2.24, 2.45) is 0 Å². The van der Waals surface area contributed by atoms with Crippen molar-refractivity contribution in [1.29, 1.82) is 0 Å². The normalized spacial score (nSPS) is 11.8. The second-order valence-corrected chi connectivity index (χ2v) is 5.24. The molecule has 0 aliphatic rings. The molecule has 2 aromatic rings. The van der Waals surface area contributed by atoms with Gasteiger partial charge in [0.15, 0.2) is 0 Å². The number of halogens is 5. The van der Waals surface area contributed by atoms with Crippen LogP contribution < -0.4 is 0 Å². The molecule has 0 unspecified atom stereocenters. The van der Waals surface area contributed by atoms with Crippen molar-refractivity contribution < 1.29 is 26.7 Å². The molecule has 7 heteroatoms. The van der Waals surface area contributed by atoms with E-state index >= 15 is 0 Å². The van der Waals surface area contributed by atoms with Gasteiger partial charge in [-0.05, 0) is 35.7 Å². The van der Waals surface area contributed by atoms with Gasteiger partial charge < -0.3 is 0 Å². The van der Waals surface area contributed by atoms with E-state index in [4.69, 9.17) is 0 Å².